The number of benzene rings is 2. The van der Waals surface area contributed by atoms with E-state index >= 15 is 0 Å². The normalized spacial score (nSPS) is 10.6. The van der Waals surface area contributed by atoms with Gasteiger partial charge >= 0.3 is 5.97 Å². The highest BCUT2D eigenvalue weighted by Crippen LogP contribution is 2.24. The molecule has 0 saturated carbocycles. The average molecular weight is 319 g/mol. The summed E-state index contributed by atoms with van der Waals surface area (Å²) in [7, 11) is 1.31. The van der Waals surface area contributed by atoms with E-state index in [2.05, 4.69) is 9.73 Å². The first-order chi connectivity index (χ1) is 10.5. The van der Waals surface area contributed by atoms with Crippen molar-refractivity contribution in [2.45, 2.75) is 0 Å². The van der Waals surface area contributed by atoms with Gasteiger partial charge in [-0.25, -0.2) is 4.79 Å². The fraction of sp³-hybridized carbons (Fsp3) is 0.0667. The van der Waals surface area contributed by atoms with Gasteiger partial charge in [0.25, 0.3) is 5.69 Å². The van der Waals surface area contributed by atoms with Gasteiger partial charge in [-0.1, -0.05) is 17.7 Å². The van der Waals surface area contributed by atoms with Crippen molar-refractivity contribution in [1.82, 2.24) is 0 Å². The number of carbonyl (C=O) groups is 1. The van der Waals surface area contributed by atoms with E-state index in [1.807, 2.05) is 0 Å². The number of carbonyl (C=O) groups excluding carboxylic acids is 1. The average Bonchev–Trinajstić information content (AvgIpc) is 2.53. The maximum absolute atomic E-state index is 11.3. The summed E-state index contributed by atoms with van der Waals surface area (Å²) in [5.41, 5.74) is 1.40. The van der Waals surface area contributed by atoms with E-state index in [0.717, 1.165) is 0 Å². The first-order valence-electron chi connectivity index (χ1n) is 6.17. The van der Waals surface area contributed by atoms with Crippen LogP contribution in [0.25, 0.3) is 0 Å². The van der Waals surface area contributed by atoms with Crippen LogP contribution in [0.4, 0.5) is 11.4 Å². The van der Waals surface area contributed by atoms with Crippen molar-refractivity contribution in [3.63, 3.8) is 0 Å². The minimum absolute atomic E-state index is 0.0737. The number of esters is 1. The molecular weight excluding hydrogens is 308 g/mol. The van der Waals surface area contributed by atoms with Crippen LogP contribution in [-0.4, -0.2) is 24.2 Å². The van der Waals surface area contributed by atoms with Crippen molar-refractivity contribution in [2.24, 2.45) is 4.99 Å². The van der Waals surface area contributed by atoms with Gasteiger partial charge in [0, 0.05) is 12.3 Å². The monoisotopic (exact) mass is 318 g/mol. The Hall–Kier alpha value is -2.73. The van der Waals surface area contributed by atoms with Gasteiger partial charge in [0.2, 0.25) is 0 Å². The number of nitrogens with zero attached hydrogens (tertiary/aromatic N) is 2. The van der Waals surface area contributed by atoms with Gasteiger partial charge in [0.05, 0.1) is 23.3 Å². The third kappa shape index (κ3) is 3.67. The van der Waals surface area contributed by atoms with E-state index in [-0.39, 0.29) is 10.7 Å². The third-order valence-corrected chi connectivity index (χ3v) is 3.14. The summed E-state index contributed by atoms with van der Waals surface area (Å²) in [6.07, 6.45) is 1.48. The Kier molecular flexibility index (Phi) is 4.85. The van der Waals surface area contributed by atoms with Crippen LogP contribution in [0.5, 0.6) is 0 Å². The Morgan fingerprint density at radius 1 is 1.27 bits per heavy atom. The topological polar surface area (TPSA) is 81.8 Å². The molecule has 7 heteroatoms. The molecule has 0 N–H and O–H groups in total. The van der Waals surface area contributed by atoms with E-state index in [1.54, 1.807) is 30.3 Å². The zero-order chi connectivity index (χ0) is 16.1. The van der Waals surface area contributed by atoms with E-state index in [1.165, 1.54) is 25.5 Å². The molecular formula is C15H11ClN2O4. The van der Waals surface area contributed by atoms with Gasteiger partial charge in [-0.05, 0) is 35.9 Å². The van der Waals surface area contributed by atoms with Gasteiger partial charge in [0.15, 0.2) is 0 Å². The molecule has 0 atom stereocenters. The number of hydrogen-bond acceptors (Lipinski definition) is 5. The van der Waals surface area contributed by atoms with Gasteiger partial charge in [-0.2, -0.15) is 0 Å². The first kappa shape index (κ1) is 15.7. The Morgan fingerprint density at radius 2 is 1.95 bits per heavy atom. The summed E-state index contributed by atoms with van der Waals surface area (Å²) in [5, 5.41) is 10.9. The Bertz CT molecular complexity index is 742. The minimum Gasteiger partial charge on any atom is -0.465 e. The van der Waals surface area contributed by atoms with Crippen LogP contribution in [0.1, 0.15) is 15.9 Å². The lowest BCUT2D eigenvalue weighted by atomic mass is 10.2. The largest absolute Gasteiger partial charge is 0.465 e. The quantitative estimate of drug-likeness (QED) is 0.372. The van der Waals surface area contributed by atoms with E-state index in [9.17, 15) is 14.9 Å². The number of rotatable bonds is 4. The van der Waals surface area contributed by atoms with Gasteiger partial charge in [-0.15, -0.1) is 0 Å². The lowest BCUT2D eigenvalue weighted by Gasteiger charge is -1.99. The fourth-order valence-electron chi connectivity index (χ4n) is 1.70. The van der Waals surface area contributed by atoms with Crippen LogP contribution in [-0.2, 0) is 4.74 Å². The third-order valence-electron chi connectivity index (χ3n) is 2.82. The zero-order valence-corrected chi connectivity index (χ0v) is 12.3. The molecule has 0 aliphatic rings. The number of methoxy groups -OCH3 is 1. The Labute approximate surface area is 131 Å². The van der Waals surface area contributed by atoms with Crippen molar-refractivity contribution in [3.05, 3.63) is 68.7 Å². The number of aliphatic imine (C=N–C) groups is 1. The molecule has 6 nitrogen and oxygen atoms in total. The second kappa shape index (κ2) is 6.82. The molecule has 0 spiro atoms. The molecule has 0 heterocycles. The Morgan fingerprint density at radius 3 is 2.55 bits per heavy atom. The summed E-state index contributed by atoms with van der Waals surface area (Å²) in [6, 6.07) is 10.9. The molecule has 0 radical (unpaired) electrons. The number of nitro groups is 1. The molecule has 0 aliphatic carbocycles. The number of halogens is 1. The standard InChI is InChI=1S/C15H11ClN2O4/c1-22-15(19)11-3-5-12(6-4-11)17-9-10-2-7-13(16)14(8-10)18(20)21/h2-9H,1H3/b17-9+. The fourth-order valence-corrected chi connectivity index (χ4v) is 1.89. The molecule has 0 aliphatic heterocycles. The SMILES string of the molecule is COC(=O)c1ccc(/N=C/c2ccc(Cl)c([N+](=O)[O-])c2)cc1. The number of hydrogen-bond donors (Lipinski definition) is 0. The summed E-state index contributed by atoms with van der Waals surface area (Å²) >= 11 is 5.74. The minimum atomic E-state index is -0.551. The summed E-state index contributed by atoms with van der Waals surface area (Å²) in [4.78, 5) is 25.8. The van der Waals surface area contributed by atoms with Crippen LogP contribution >= 0.6 is 11.6 Å². The van der Waals surface area contributed by atoms with Crippen molar-refractivity contribution in [2.75, 3.05) is 7.11 Å². The molecule has 2 aromatic rings. The highest BCUT2D eigenvalue weighted by molar-refractivity contribution is 6.32. The molecule has 2 rings (SSSR count). The van der Waals surface area contributed by atoms with Crippen molar-refractivity contribution in [3.8, 4) is 0 Å². The maximum atomic E-state index is 11.3. The lowest BCUT2D eigenvalue weighted by molar-refractivity contribution is -0.384. The van der Waals surface area contributed by atoms with E-state index < -0.39 is 10.9 Å². The molecule has 0 aromatic heterocycles. The van der Waals surface area contributed by atoms with Crippen molar-refractivity contribution in [1.29, 1.82) is 0 Å². The molecule has 2 aromatic carbocycles. The van der Waals surface area contributed by atoms with Crippen LogP contribution < -0.4 is 0 Å². The lowest BCUT2D eigenvalue weighted by Crippen LogP contribution is -1.99. The molecule has 112 valence electrons. The first-order valence-corrected chi connectivity index (χ1v) is 6.55. The predicted molar refractivity (Wildman–Crippen MR) is 83.1 cm³/mol. The highest BCUT2D eigenvalue weighted by Gasteiger charge is 2.11. The van der Waals surface area contributed by atoms with Crippen LogP contribution in [0.3, 0.4) is 0 Å². The van der Waals surface area contributed by atoms with Crippen LogP contribution in [0.2, 0.25) is 5.02 Å². The van der Waals surface area contributed by atoms with E-state index in [4.69, 9.17) is 11.6 Å². The molecule has 22 heavy (non-hydrogen) atoms. The smallest absolute Gasteiger partial charge is 0.337 e. The van der Waals surface area contributed by atoms with Gasteiger partial charge < -0.3 is 4.74 Å². The highest BCUT2D eigenvalue weighted by atomic mass is 35.5. The summed E-state index contributed by atoms with van der Waals surface area (Å²) < 4.78 is 4.60. The molecule has 0 amide bonds. The van der Waals surface area contributed by atoms with Gasteiger partial charge in [0.1, 0.15) is 5.02 Å². The predicted octanol–water partition coefficient (Wildman–Crippen LogP) is 3.79. The van der Waals surface area contributed by atoms with Crippen molar-refractivity contribution < 1.29 is 14.5 Å². The number of ether oxygens (including phenoxy) is 1. The van der Waals surface area contributed by atoms with Crippen LogP contribution in [0, 0.1) is 10.1 Å². The Balaban J connectivity index is 2.20. The zero-order valence-electron chi connectivity index (χ0n) is 11.5. The second-order valence-electron chi connectivity index (χ2n) is 4.26. The van der Waals surface area contributed by atoms with Gasteiger partial charge in [-0.3, -0.25) is 15.1 Å². The maximum Gasteiger partial charge on any atom is 0.337 e. The molecule has 0 bridgehead atoms. The summed E-state index contributed by atoms with van der Waals surface area (Å²) in [6.45, 7) is 0. The number of nitro benzene ring substituents is 1. The molecule has 0 fully saturated rings. The van der Waals surface area contributed by atoms with Crippen LogP contribution in [0.15, 0.2) is 47.5 Å². The summed E-state index contributed by atoms with van der Waals surface area (Å²) in [5.74, 6) is -0.427. The molecule has 0 unspecified atom stereocenters. The molecule has 0 saturated heterocycles. The van der Waals surface area contributed by atoms with E-state index in [0.29, 0.717) is 16.8 Å². The second-order valence-corrected chi connectivity index (χ2v) is 4.67. The van der Waals surface area contributed by atoms with Crippen molar-refractivity contribution >= 4 is 35.2 Å².